The van der Waals surface area contributed by atoms with Crippen LogP contribution in [0.4, 0.5) is 5.69 Å². The van der Waals surface area contributed by atoms with Gasteiger partial charge in [-0.2, -0.15) is 0 Å². The van der Waals surface area contributed by atoms with Crippen LogP contribution in [0.15, 0.2) is 90.3 Å². The maximum atomic E-state index is 12.8. The number of nitrogens with one attached hydrogen (secondary N) is 1. The maximum absolute atomic E-state index is 12.8. The molecular weight excluding hydrogens is 456 g/mol. The van der Waals surface area contributed by atoms with E-state index in [-0.39, 0.29) is 24.0 Å². The molecule has 1 aromatic heterocycles. The number of amides is 1. The van der Waals surface area contributed by atoms with Gasteiger partial charge in [-0.1, -0.05) is 48.5 Å². The zero-order chi connectivity index (χ0) is 23.1. The van der Waals surface area contributed by atoms with Crippen LogP contribution in [0.3, 0.4) is 0 Å². The molecule has 1 N–H and O–H groups in total. The van der Waals surface area contributed by atoms with E-state index in [4.69, 9.17) is 4.74 Å². The Balaban J connectivity index is 1.36. The highest BCUT2D eigenvalue weighted by molar-refractivity contribution is 7.89. The molecule has 0 saturated heterocycles. The quantitative estimate of drug-likeness (QED) is 0.362. The Morgan fingerprint density at radius 2 is 1.64 bits per heavy atom. The third-order valence-corrected chi connectivity index (χ3v) is 7.06. The Bertz CT molecular complexity index is 1320. The number of ether oxygens (including phenoxy) is 1. The van der Waals surface area contributed by atoms with Crippen LogP contribution in [-0.4, -0.2) is 19.3 Å². The SMILES string of the molecule is O=C(Nc1ccccc1)c1cccc(CS(=O)(=O)Cc2csc(COc3ccccc3)n2)c1. The van der Waals surface area contributed by atoms with E-state index in [1.54, 1.807) is 41.8 Å². The van der Waals surface area contributed by atoms with Crippen molar-refractivity contribution in [3.63, 3.8) is 0 Å². The van der Waals surface area contributed by atoms with Crippen LogP contribution in [0.2, 0.25) is 0 Å². The second kappa shape index (κ2) is 10.4. The van der Waals surface area contributed by atoms with E-state index in [2.05, 4.69) is 10.3 Å². The average Bonchev–Trinajstić information content (AvgIpc) is 3.25. The number of rotatable bonds is 9. The van der Waals surface area contributed by atoms with Gasteiger partial charge >= 0.3 is 0 Å². The molecule has 0 radical (unpaired) electrons. The molecule has 168 valence electrons. The van der Waals surface area contributed by atoms with E-state index in [0.29, 0.717) is 27.5 Å². The first-order valence-electron chi connectivity index (χ1n) is 10.2. The predicted octanol–water partition coefficient (Wildman–Crippen LogP) is 5.09. The molecule has 0 bridgehead atoms. The number of anilines is 1. The van der Waals surface area contributed by atoms with Gasteiger partial charge in [0, 0.05) is 16.6 Å². The molecule has 4 aromatic rings. The molecule has 0 aliphatic carbocycles. The van der Waals surface area contributed by atoms with Crippen LogP contribution in [0, 0.1) is 0 Å². The number of para-hydroxylation sites is 2. The van der Waals surface area contributed by atoms with Crippen LogP contribution in [-0.2, 0) is 27.9 Å². The maximum Gasteiger partial charge on any atom is 0.255 e. The molecule has 0 atom stereocenters. The third-order valence-electron chi connectivity index (χ3n) is 4.68. The molecule has 33 heavy (non-hydrogen) atoms. The summed E-state index contributed by atoms with van der Waals surface area (Å²) in [5, 5.41) is 5.26. The van der Waals surface area contributed by atoms with Crippen molar-refractivity contribution in [1.82, 2.24) is 4.98 Å². The minimum atomic E-state index is -3.47. The second-order valence-corrected chi connectivity index (χ2v) is 10.4. The van der Waals surface area contributed by atoms with Crippen molar-refractivity contribution in [3.8, 4) is 5.75 Å². The van der Waals surface area contributed by atoms with Crippen molar-refractivity contribution < 1.29 is 17.9 Å². The van der Waals surface area contributed by atoms with Gasteiger partial charge in [0.25, 0.3) is 5.91 Å². The Kier molecular flexibility index (Phi) is 7.16. The number of sulfone groups is 1. The highest BCUT2D eigenvalue weighted by atomic mass is 32.2. The second-order valence-electron chi connectivity index (χ2n) is 7.39. The van der Waals surface area contributed by atoms with Gasteiger partial charge in [0.05, 0.1) is 17.2 Å². The lowest BCUT2D eigenvalue weighted by Crippen LogP contribution is -2.13. The van der Waals surface area contributed by atoms with E-state index in [9.17, 15) is 13.2 Å². The summed E-state index contributed by atoms with van der Waals surface area (Å²) in [6, 6.07) is 25.2. The summed E-state index contributed by atoms with van der Waals surface area (Å²) in [5.74, 6) is 0.100. The highest BCUT2D eigenvalue weighted by Gasteiger charge is 2.17. The number of carbonyl (C=O) groups is 1. The van der Waals surface area contributed by atoms with Crippen molar-refractivity contribution in [2.24, 2.45) is 0 Å². The van der Waals surface area contributed by atoms with Gasteiger partial charge in [0.2, 0.25) is 0 Å². The number of thiazole rings is 1. The molecule has 6 nitrogen and oxygen atoms in total. The van der Waals surface area contributed by atoms with E-state index >= 15 is 0 Å². The topological polar surface area (TPSA) is 85.4 Å². The Morgan fingerprint density at radius 1 is 0.909 bits per heavy atom. The van der Waals surface area contributed by atoms with Crippen molar-refractivity contribution >= 4 is 32.8 Å². The molecule has 0 unspecified atom stereocenters. The molecule has 4 rings (SSSR count). The number of nitrogens with zero attached hydrogens (tertiary/aromatic N) is 1. The minimum Gasteiger partial charge on any atom is -0.486 e. The third kappa shape index (κ3) is 6.74. The van der Waals surface area contributed by atoms with Gasteiger partial charge in [-0.05, 0) is 42.0 Å². The Hall–Kier alpha value is -3.49. The Morgan fingerprint density at radius 3 is 2.39 bits per heavy atom. The smallest absolute Gasteiger partial charge is 0.255 e. The lowest BCUT2D eigenvalue weighted by molar-refractivity contribution is 0.102. The van der Waals surface area contributed by atoms with Gasteiger partial charge < -0.3 is 10.1 Å². The zero-order valence-corrected chi connectivity index (χ0v) is 19.3. The number of aromatic nitrogens is 1. The Labute approximate surface area is 196 Å². The molecular formula is C25H22N2O4S2. The molecule has 0 spiro atoms. The summed E-state index contributed by atoms with van der Waals surface area (Å²) in [4.78, 5) is 16.9. The standard InChI is InChI=1S/C25H22N2O4S2/c28-25(27-21-10-3-1-4-11-21)20-9-7-8-19(14-20)17-33(29,30)18-22-16-32-24(26-22)15-31-23-12-5-2-6-13-23/h1-14,16H,15,17-18H2,(H,27,28). The molecule has 0 aliphatic rings. The summed E-state index contributed by atoms with van der Waals surface area (Å²) in [6.07, 6.45) is 0. The van der Waals surface area contributed by atoms with Gasteiger partial charge in [0.15, 0.2) is 9.84 Å². The lowest BCUT2D eigenvalue weighted by Gasteiger charge is -2.08. The van der Waals surface area contributed by atoms with Crippen molar-refractivity contribution in [2.75, 3.05) is 5.32 Å². The molecule has 1 heterocycles. The number of benzene rings is 3. The molecule has 3 aromatic carbocycles. The fourth-order valence-electron chi connectivity index (χ4n) is 3.20. The number of carbonyl (C=O) groups excluding carboxylic acids is 1. The van der Waals surface area contributed by atoms with Crippen molar-refractivity contribution in [1.29, 1.82) is 0 Å². The van der Waals surface area contributed by atoms with E-state index < -0.39 is 9.84 Å². The van der Waals surface area contributed by atoms with Crippen LogP contribution >= 0.6 is 11.3 Å². The first-order valence-corrected chi connectivity index (χ1v) is 12.9. The first kappa shape index (κ1) is 22.7. The predicted molar refractivity (Wildman–Crippen MR) is 130 cm³/mol. The minimum absolute atomic E-state index is 0.171. The molecule has 8 heteroatoms. The zero-order valence-electron chi connectivity index (χ0n) is 17.7. The van der Waals surface area contributed by atoms with E-state index in [1.807, 2.05) is 48.5 Å². The van der Waals surface area contributed by atoms with E-state index in [1.165, 1.54) is 11.3 Å². The largest absolute Gasteiger partial charge is 0.486 e. The summed E-state index contributed by atoms with van der Waals surface area (Å²) >= 11 is 1.37. The van der Waals surface area contributed by atoms with Gasteiger partial charge in [-0.15, -0.1) is 11.3 Å². The van der Waals surface area contributed by atoms with Gasteiger partial charge in [-0.25, -0.2) is 13.4 Å². The summed E-state index contributed by atoms with van der Waals surface area (Å²) in [6.45, 7) is 0.285. The van der Waals surface area contributed by atoms with Crippen molar-refractivity contribution in [3.05, 3.63) is 112 Å². The summed E-state index contributed by atoms with van der Waals surface area (Å²) in [5.41, 5.74) is 2.12. The number of hydrogen-bond donors (Lipinski definition) is 1. The average molecular weight is 479 g/mol. The van der Waals surface area contributed by atoms with Crippen LogP contribution in [0.1, 0.15) is 26.6 Å². The first-order chi connectivity index (χ1) is 16.0. The lowest BCUT2D eigenvalue weighted by atomic mass is 10.1. The number of hydrogen-bond acceptors (Lipinski definition) is 6. The molecule has 0 aliphatic heterocycles. The van der Waals surface area contributed by atoms with Crippen molar-refractivity contribution in [2.45, 2.75) is 18.1 Å². The molecule has 1 amide bonds. The summed E-state index contributed by atoms with van der Waals surface area (Å²) in [7, 11) is -3.47. The normalized spacial score (nSPS) is 11.2. The van der Waals surface area contributed by atoms with Crippen LogP contribution < -0.4 is 10.1 Å². The highest BCUT2D eigenvalue weighted by Crippen LogP contribution is 2.19. The molecule has 0 saturated carbocycles. The van der Waals surface area contributed by atoms with Gasteiger partial charge in [0.1, 0.15) is 17.4 Å². The summed E-state index contributed by atoms with van der Waals surface area (Å²) < 4.78 is 31.2. The monoisotopic (exact) mass is 478 g/mol. The van der Waals surface area contributed by atoms with E-state index in [0.717, 1.165) is 5.75 Å². The fraction of sp³-hybridized carbons (Fsp3) is 0.120. The van der Waals surface area contributed by atoms with Crippen LogP contribution in [0.25, 0.3) is 0 Å². The molecule has 0 fully saturated rings. The van der Waals surface area contributed by atoms with Gasteiger partial charge in [-0.3, -0.25) is 4.79 Å². The fourth-order valence-corrected chi connectivity index (χ4v) is 5.40. The van der Waals surface area contributed by atoms with Crippen LogP contribution in [0.5, 0.6) is 5.75 Å².